The molecule has 0 radical (unpaired) electrons. The minimum Gasteiger partial charge on any atom is -0.396 e. The van der Waals surface area contributed by atoms with Crippen molar-refractivity contribution in [1.29, 1.82) is 0 Å². The molecule has 0 bridgehead atoms. The van der Waals surface area contributed by atoms with Gasteiger partial charge >= 0.3 is 17.9 Å². The zero-order valence-corrected chi connectivity index (χ0v) is 14.1. The molecule has 6 nitrogen and oxygen atoms in total. The van der Waals surface area contributed by atoms with E-state index in [1.807, 2.05) is 0 Å². The molecule has 0 saturated heterocycles. The molecule has 0 aliphatic carbocycles. The topological polar surface area (TPSA) is 93.1 Å². The summed E-state index contributed by atoms with van der Waals surface area (Å²) < 4.78 is 9.98. The first-order valence-corrected chi connectivity index (χ1v) is 7.77. The summed E-state index contributed by atoms with van der Waals surface area (Å²) in [4.78, 5) is 24.6. The van der Waals surface area contributed by atoms with Gasteiger partial charge in [0.2, 0.25) is 0 Å². The van der Waals surface area contributed by atoms with Crippen molar-refractivity contribution >= 4 is 11.9 Å². The van der Waals surface area contributed by atoms with E-state index in [0.29, 0.717) is 11.1 Å². The van der Waals surface area contributed by atoms with Gasteiger partial charge in [-0.1, -0.05) is 36.4 Å². The molecule has 2 aromatic rings. The maximum Gasteiger partial charge on any atom is 0.375 e. The van der Waals surface area contributed by atoms with Crippen LogP contribution in [0, 0.1) is 13.8 Å². The van der Waals surface area contributed by atoms with E-state index in [9.17, 15) is 14.7 Å². The average molecular weight is 344 g/mol. The minimum absolute atomic E-state index is 0.228. The van der Waals surface area contributed by atoms with Gasteiger partial charge in [0.25, 0.3) is 0 Å². The first-order chi connectivity index (χ1) is 11.9. The smallest absolute Gasteiger partial charge is 0.375 e. The van der Waals surface area contributed by atoms with Crippen molar-refractivity contribution in [2.24, 2.45) is 0 Å². The van der Waals surface area contributed by atoms with Crippen LogP contribution in [0.15, 0.2) is 48.5 Å². The third-order valence-electron chi connectivity index (χ3n) is 3.66. The number of aliphatic hydroxyl groups is 2. The Bertz CT molecular complexity index is 709. The standard InChI is InChI=1S/C19H20O6/c1-13-7-3-5-9-15(13)17(21)24-19(23,11-12-20)25-18(22)16-10-6-4-8-14(16)2/h3-10,20,23H,11-12H2,1-2H3. The fraction of sp³-hybridized carbons (Fsp3) is 0.263. The summed E-state index contributed by atoms with van der Waals surface area (Å²) in [6.07, 6.45) is -0.470. The first kappa shape index (κ1) is 18.6. The second-order valence-electron chi connectivity index (χ2n) is 5.60. The summed E-state index contributed by atoms with van der Waals surface area (Å²) in [5.74, 6) is -4.27. The van der Waals surface area contributed by atoms with E-state index in [1.54, 1.807) is 50.2 Å². The number of aryl methyl sites for hydroxylation is 2. The second-order valence-corrected chi connectivity index (χ2v) is 5.60. The van der Waals surface area contributed by atoms with Crippen LogP contribution >= 0.6 is 0 Å². The van der Waals surface area contributed by atoms with E-state index in [-0.39, 0.29) is 11.1 Å². The predicted octanol–water partition coefficient (Wildman–Crippen LogP) is 2.35. The van der Waals surface area contributed by atoms with Gasteiger partial charge in [0.05, 0.1) is 24.2 Å². The number of aliphatic hydroxyl groups excluding tert-OH is 1. The number of carbonyl (C=O) groups excluding carboxylic acids is 2. The summed E-state index contributed by atoms with van der Waals surface area (Å²) >= 11 is 0. The molecule has 2 N–H and O–H groups in total. The molecule has 0 atom stereocenters. The Morgan fingerprint density at radius 2 is 1.28 bits per heavy atom. The van der Waals surface area contributed by atoms with Crippen molar-refractivity contribution in [3.05, 3.63) is 70.8 Å². The normalized spacial score (nSPS) is 11.0. The molecular formula is C19H20O6. The van der Waals surface area contributed by atoms with E-state index in [4.69, 9.17) is 14.6 Å². The van der Waals surface area contributed by atoms with Gasteiger partial charge in [0.1, 0.15) is 0 Å². The van der Waals surface area contributed by atoms with Gasteiger partial charge in [0.15, 0.2) is 0 Å². The summed E-state index contributed by atoms with van der Waals surface area (Å²) in [5, 5.41) is 19.5. The van der Waals surface area contributed by atoms with Crippen LogP contribution in [0.1, 0.15) is 38.3 Å². The summed E-state index contributed by atoms with van der Waals surface area (Å²) in [5.41, 5.74) is 1.74. The van der Waals surface area contributed by atoms with E-state index in [2.05, 4.69) is 0 Å². The highest BCUT2D eigenvalue weighted by Crippen LogP contribution is 2.21. The molecule has 0 aromatic heterocycles. The molecule has 0 amide bonds. The van der Waals surface area contributed by atoms with Crippen LogP contribution in [0.2, 0.25) is 0 Å². The SMILES string of the molecule is Cc1ccccc1C(=O)OC(O)(CCO)OC(=O)c1ccccc1C. The minimum atomic E-state index is -2.56. The quantitative estimate of drug-likeness (QED) is 0.617. The number of esters is 2. The van der Waals surface area contributed by atoms with Gasteiger partial charge in [-0.25, -0.2) is 9.59 Å². The molecule has 0 spiro atoms. The number of ether oxygens (including phenoxy) is 2. The highest BCUT2D eigenvalue weighted by molar-refractivity contribution is 5.92. The maximum absolute atomic E-state index is 12.3. The van der Waals surface area contributed by atoms with Crippen LogP contribution in [0.5, 0.6) is 0 Å². The zero-order valence-electron chi connectivity index (χ0n) is 14.1. The monoisotopic (exact) mass is 344 g/mol. The van der Waals surface area contributed by atoms with Gasteiger partial charge in [-0.3, -0.25) is 0 Å². The number of benzene rings is 2. The van der Waals surface area contributed by atoms with Gasteiger partial charge in [-0.2, -0.15) is 0 Å². The van der Waals surface area contributed by atoms with Crippen molar-refractivity contribution < 1.29 is 29.3 Å². The predicted molar refractivity (Wildman–Crippen MR) is 89.8 cm³/mol. The summed E-state index contributed by atoms with van der Waals surface area (Å²) in [6, 6.07) is 13.3. The summed E-state index contributed by atoms with van der Waals surface area (Å²) in [7, 11) is 0. The molecule has 0 heterocycles. The molecule has 0 aliphatic heterocycles. The Hall–Kier alpha value is -2.70. The fourth-order valence-electron chi connectivity index (χ4n) is 2.27. The number of hydrogen-bond acceptors (Lipinski definition) is 6. The van der Waals surface area contributed by atoms with Crippen molar-refractivity contribution in [2.45, 2.75) is 26.2 Å². The largest absolute Gasteiger partial charge is 0.396 e. The van der Waals surface area contributed by atoms with E-state index >= 15 is 0 Å². The maximum atomic E-state index is 12.3. The number of rotatable bonds is 6. The van der Waals surface area contributed by atoms with Crippen molar-refractivity contribution in [3.63, 3.8) is 0 Å². The molecule has 0 fully saturated rings. The van der Waals surface area contributed by atoms with Gasteiger partial charge in [-0.05, 0) is 37.1 Å². The van der Waals surface area contributed by atoms with Crippen molar-refractivity contribution in [3.8, 4) is 0 Å². The highest BCUT2D eigenvalue weighted by atomic mass is 16.8. The lowest BCUT2D eigenvalue weighted by molar-refractivity contribution is -0.309. The molecule has 0 aliphatic rings. The lowest BCUT2D eigenvalue weighted by Crippen LogP contribution is -2.41. The Balaban J connectivity index is 2.20. The lowest BCUT2D eigenvalue weighted by atomic mass is 10.1. The zero-order chi connectivity index (χ0) is 18.4. The Kier molecular flexibility index (Phi) is 5.90. The third-order valence-corrected chi connectivity index (χ3v) is 3.66. The van der Waals surface area contributed by atoms with Gasteiger partial charge in [0, 0.05) is 0 Å². The van der Waals surface area contributed by atoms with Gasteiger partial charge in [-0.15, -0.1) is 0 Å². The van der Waals surface area contributed by atoms with E-state index < -0.39 is 30.9 Å². The molecular weight excluding hydrogens is 324 g/mol. The Morgan fingerprint density at radius 1 is 0.880 bits per heavy atom. The van der Waals surface area contributed by atoms with Crippen LogP contribution in [0.4, 0.5) is 0 Å². The molecule has 25 heavy (non-hydrogen) atoms. The van der Waals surface area contributed by atoms with Crippen LogP contribution in [-0.2, 0) is 9.47 Å². The lowest BCUT2D eigenvalue weighted by Gasteiger charge is -2.26. The average Bonchev–Trinajstić information content (AvgIpc) is 2.55. The highest BCUT2D eigenvalue weighted by Gasteiger charge is 2.37. The van der Waals surface area contributed by atoms with Crippen molar-refractivity contribution in [1.82, 2.24) is 0 Å². The number of carbonyl (C=O) groups is 2. The van der Waals surface area contributed by atoms with Crippen LogP contribution < -0.4 is 0 Å². The van der Waals surface area contributed by atoms with Gasteiger partial charge < -0.3 is 19.7 Å². The fourth-order valence-corrected chi connectivity index (χ4v) is 2.27. The molecule has 6 heteroatoms. The Labute approximate surface area is 145 Å². The molecule has 2 rings (SSSR count). The van der Waals surface area contributed by atoms with Crippen LogP contribution in [-0.4, -0.2) is 34.7 Å². The molecule has 2 aromatic carbocycles. The molecule has 132 valence electrons. The summed E-state index contributed by atoms with van der Waals surface area (Å²) in [6.45, 7) is 2.88. The van der Waals surface area contributed by atoms with Crippen LogP contribution in [0.25, 0.3) is 0 Å². The van der Waals surface area contributed by atoms with Crippen molar-refractivity contribution in [2.75, 3.05) is 6.61 Å². The first-order valence-electron chi connectivity index (χ1n) is 7.77. The van der Waals surface area contributed by atoms with Crippen LogP contribution in [0.3, 0.4) is 0 Å². The molecule has 0 unspecified atom stereocenters. The number of hydrogen-bond donors (Lipinski definition) is 2. The Morgan fingerprint density at radius 3 is 1.64 bits per heavy atom. The third kappa shape index (κ3) is 4.65. The van der Waals surface area contributed by atoms with E-state index in [0.717, 1.165) is 0 Å². The second kappa shape index (κ2) is 7.92. The molecule has 0 saturated carbocycles. The van der Waals surface area contributed by atoms with E-state index in [1.165, 1.54) is 12.1 Å².